The lowest BCUT2D eigenvalue weighted by molar-refractivity contribution is 0.0706. The van der Waals surface area contributed by atoms with Crippen molar-refractivity contribution >= 4 is 17.3 Å². The van der Waals surface area contributed by atoms with E-state index < -0.39 is 5.91 Å². The maximum atomic E-state index is 13.8. The van der Waals surface area contributed by atoms with Crippen LogP contribution in [0.4, 0.5) is 10.1 Å². The number of hydroxylamine groups is 1. The van der Waals surface area contributed by atoms with Gasteiger partial charge in [-0.2, -0.15) is 0 Å². The van der Waals surface area contributed by atoms with Gasteiger partial charge < -0.3 is 0 Å². The van der Waals surface area contributed by atoms with Crippen LogP contribution in [0.15, 0.2) is 71.7 Å². The fourth-order valence-electron chi connectivity index (χ4n) is 3.35. The Bertz CT molecular complexity index is 1040. The number of para-hydroxylation sites is 1. The Balaban J connectivity index is 1.89. The zero-order valence-electron chi connectivity index (χ0n) is 14.4. The van der Waals surface area contributed by atoms with Crippen LogP contribution in [0.5, 0.6) is 0 Å². The van der Waals surface area contributed by atoms with Crippen LogP contribution in [0.3, 0.4) is 0 Å². The molecule has 134 valence electrons. The first-order chi connectivity index (χ1) is 13.2. The number of benzene rings is 3. The quantitative estimate of drug-likeness (QED) is 0.531. The summed E-state index contributed by atoms with van der Waals surface area (Å²) in [6.07, 6.45) is 1.51. The molecule has 3 aromatic carbocycles. The van der Waals surface area contributed by atoms with Crippen molar-refractivity contribution in [3.05, 3.63) is 100 Å². The van der Waals surface area contributed by atoms with E-state index in [2.05, 4.69) is 0 Å². The SMILES string of the molecule is O=C(NO)c1ccc(C2=Nc3ccccc3CCc3cc(F)ccc32)cc1. The van der Waals surface area contributed by atoms with Crippen LogP contribution in [-0.2, 0) is 12.8 Å². The van der Waals surface area contributed by atoms with E-state index in [1.54, 1.807) is 41.9 Å². The average Bonchev–Trinajstić information content (AvgIpc) is 2.69. The first-order valence-corrected chi connectivity index (χ1v) is 8.66. The number of aryl methyl sites for hydroxylation is 2. The average molecular weight is 360 g/mol. The lowest BCUT2D eigenvalue weighted by Crippen LogP contribution is -2.18. The molecule has 0 aliphatic carbocycles. The molecule has 0 radical (unpaired) electrons. The molecule has 0 atom stereocenters. The summed E-state index contributed by atoms with van der Waals surface area (Å²) in [6.45, 7) is 0. The summed E-state index contributed by atoms with van der Waals surface area (Å²) in [4.78, 5) is 16.4. The highest BCUT2D eigenvalue weighted by atomic mass is 19.1. The van der Waals surface area contributed by atoms with E-state index in [1.807, 2.05) is 24.3 Å². The Hall–Kier alpha value is -3.31. The van der Waals surface area contributed by atoms with E-state index in [4.69, 9.17) is 10.2 Å². The number of fused-ring (bicyclic) bond motifs is 2. The van der Waals surface area contributed by atoms with Gasteiger partial charge in [-0.3, -0.25) is 10.0 Å². The predicted octanol–water partition coefficient (Wildman–Crippen LogP) is 4.21. The highest BCUT2D eigenvalue weighted by molar-refractivity contribution is 6.15. The van der Waals surface area contributed by atoms with Crippen molar-refractivity contribution in [1.29, 1.82) is 0 Å². The molecule has 5 heteroatoms. The number of hydrogen-bond donors (Lipinski definition) is 2. The Morgan fingerprint density at radius 3 is 2.48 bits per heavy atom. The van der Waals surface area contributed by atoms with Gasteiger partial charge in [-0.15, -0.1) is 0 Å². The van der Waals surface area contributed by atoms with Gasteiger partial charge in [0.2, 0.25) is 0 Å². The zero-order chi connectivity index (χ0) is 18.8. The number of halogens is 1. The number of nitrogens with one attached hydrogen (secondary N) is 1. The third kappa shape index (κ3) is 3.37. The van der Waals surface area contributed by atoms with Gasteiger partial charge in [0.15, 0.2) is 0 Å². The number of hydrogen-bond acceptors (Lipinski definition) is 3. The highest BCUT2D eigenvalue weighted by Crippen LogP contribution is 2.29. The number of rotatable bonds is 2. The lowest BCUT2D eigenvalue weighted by Gasteiger charge is -2.18. The molecule has 0 saturated carbocycles. The fraction of sp³-hybridized carbons (Fsp3) is 0.0909. The van der Waals surface area contributed by atoms with Crippen molar-refractivity contribution in [2.75, 3.05) is 0 Å². The minimum absolute atomic E-state index is 0.267. The maximum absolute atomic E-state index is 13.8. The first-order valence-electron chi connectivity index (χ1n) is 8.66. The molecule has 1 aliphatic heterocycles. The summed E-state index contributed by atoms with van der Waals surface area (Å²) in [5.41, 5.74) is 7.29. The van der Waals surface area contributed by atoms with E-state index >= 15 is 0 Å². The van der Waals surface area contributed by atoms with Crippen molar-refractivity contribution in [2.24, 2.45) is 4.99 Å². The van der Waals surface area contributed by atoms with Crippen molar-refractivity contribution < 1.29 is 14.4 Å². The summed E-state index contributed by atoms with van der Waals surface area (Å²) in [5, 5.41) is 8.78. The van der Waals surface area contributed by atoms with Gasteiger partial charge in [-0.1, -0.05) is 30.3 Å². The second-order valence-corrected chi connectivity index (χ2v) is 6.41. The Morgan fingerprint density at radius 2 is 1.70 bits per heavy atom. The minimum Gasteiger partial charge on any atom is -0.288 e. The molecule has 0 spiro atoms. The van der Waals surface area contributed by atoms with Crippen molar-refractivity contribution in [3.8, 4) is 0 Å². The van der Waals surface area contributed by atoms with Crippen LogP contribution < -0.4 is 5.48 Å². The van der Waals surface area contributed by atoms with E-state index in [0.717, 1.165) is 40.1 Å². The van der Waals surface area contributed by atoms with Gasteiger partial charge >= 0.3 is 0 Å². The summed E-state index contributed by atoms with van der Waals surface area (Å²) in [7, 11) is 0. The van der Waals surface area contributed by atoms with E-state index in [1.165, 1.54) is 6.07 Å². The molecular weight excluding hydrogens is 343 g/mol. The summed E-state index contributed by atoms with van der Waals surface area (Å²) < 4.78 is 13.8. The molecule has 0 unspecified atom stereocenters. The highest BCUT2D eigenvalue weighted by Gasteiger charge is 2.17. The van der Waals surface area contributed by atoms with Gasteiger partial charge in [0.25, 0.3) is 5.91 Å². The Morgan fingerprint density at radius 1 is 0.963 bits per heavy atom. The standard InChI is InChI=1S/C22H17FN2O2/c23-18-11-12-19-17(13-18)10-5-14-3-1-2-4-20(14)24-21(19)15-6-8-16(9-7-15)22(26)25-27/h1-4,6-9,11-13,27H,5,10H2,(H,25,26). The largest absolute Gasteiger partial charge is 0.288 e. The van der Waals surface area contributed by atoms with Crippen LogP contribution in [0.25, 0.3) is 0 Å². The molecular formula is C22H17FN2O2. The molecule has 0 fully saturated rings. The first kappa shape index (κ1) is 17.1. The molecule has 1 heterocycles. The summed E-state index contributed by atoms with van der Waals surface area (Å²) in [6, 6.07) is 19.5. The molecule has 1 amide bonds. The fourth-order valence-corrected chi connectivity index (χ4v) is 3.35. The second-order valence-electron chi connectivity index (χ2n) is 6.41. The number of carbonyl (C=O) groups is 1. The zero-order valence-corrected chi connectivity index (χ0v) is 14.4. The van der Waals surface area contributed by atoms with Crippen molar-refractivity contribution in [1.82, 2.24) is 5.48 Å². The number of amides is 1. The van der Waals surface area contributed by atoms with E-state index in [-0.39, 0.29) is 5.82 Å². The van der Waals surface area contributed by atoms with Crippen LogP contribution in [0.2, 0.25) is 0 Å². The molecule has 3 aromatic rings. The molecule has 2 N–H and O–H groups in total. The van der Waals surface area contributed by atoms with Crippen molar-refractivity contribution in [2.45, 2.75) is 12.8 Å². The summed E-state index contributed by atoms with van der Waals surface area (Å²) in [5.74, 6) is -0.842. The second kappa shape index (κ2) is 7.13. The van der Waals surface area contributed by atoms with E-state index in [0.29, 0.717) is 12.0 Å². The van der Waals surface area contributed by atoms with Gasteiger partial charge in [-0.25, -0.2) is 14.9 Å². The predicted molar refractivity (Wildman–Crippen MR) is 101 cm³/mol. The lowest BCUT2D eigenvalue weighted by atomic mass is 9.91. The van der Waals surface area contributed by atoms with E-state index in [9.17, 15) is 9.18 Å². The molecule has 27 heavy (non-hydrogen) atoms. The molecule has 1 aliphatic rings. The van der Waals surface area contributed by atoms with Gasteiger partial charge in [0.1, 0.15) is 5.82 Å². The van der Waals surface area contributed by atoms with Crippen LogP contribution in [0, 0.1) is 5.82 Å². The minimum atomic E-state index is -0.575. The third-order valence-electron chi connectivity index (χ3n) is 4.73. The van der Waals surface area contributed by atoms with Crippen LogP contribution >= 0.6 is 0 Å². The maximum Gasteiger partial charge on any atom is 0.274 e. The normalized spacial score (nSPS) is 12.9. The van der Waals surface area contributed by atoms with Gasteiger partial charge in [-0.05, 0) is 60.4 Å². The van der Waals surface area contributed by atoms with Gasteiger partial charge in [0, 0.05) is 16.7 Å². The van der Waals surface area contributed by atoms with Crippen LogP contribution in [0.1, 0.15) is 32.6 Å². The van der Waals surface area contributed by atoms with Crippen LogP contribution in [-0.4, -0.2) is 16.8 Å². The Kier molecular flexibility index (Phi) is 4.52. The monoisotopic (exact) mass is 360 g/mol. The van der Waals surface area contributed by atoms with Crippen molar-refractivity contribution in [3.63, 3.8) is 0 Å². The Labute approximate surface area is 156 Å². The van der Waals surface area contributed by atoms with Gasteiger partial charge in [0.05, 0.1) is 11.4 Å². The molecule has 0 bridgehead atoms. The number of aliphatic imine (C=N–C) groups is 1. The number of nitrogens with zero attached hydrogens (tertiary/aromatic N) is 1. The molecule has 4 nitrogen and oxygen atoms in total. The number of carbonyl (C=O) groups excluding carboxylic acids is 1. The molecule has 4 rings (SSSR count). The topological polar surface area (TPSA) is 61.7 Å². The molecule has 0 saturated heterocycles. The summed E-state index contributed by atoms with van der Waals surface area (Å²) >= 11 is 0. The third-order valence-corrected chi connectivity index (χ3v) is 4.73. The molecule has 0 aromatic heterocycles. The smallest absolute Gasteiger partial charge is 0.274 e.